The van der Waals surface area contributed by atoms with Crippen LogP contribution in [0, 0.1) is 0 Å². The van der Waals surface area contributed by atoms with Crippen LogP contribution < -0.4 is 4.74 Å². The Morgan fingerprint density at radius 1 is 0.941 bits per heavy atom. The lowest BCUT2D eigenvalue weighted by atomic mass is 10.00. The maximum absolute atomic E-state index is 13.3. The number of aliphatic hydroxyl groups excluding tert-OH is 1. The minimum Gasteiger partial charge on any atom is -0.476 e. The van der Waals surface area contributed by atoms with E-state index in [2.05, 4.69) is 4.98 Å². The molecule has 1 aliphatic heterocycles. The van der Waals surface area contributed by atoms with Crippen molar-refractivity contribution in [1.29, 1.82) is 0 Å². The van der Waals surface area contributed by atoms with Crippen molar-refractivity contribution in [2.24, 2.45) is 0 Å². The van der Waals surface area contributed by atoms with E-state index in [1.54, 1.807) is 17.2 Å². The Morgan fingerprint density at radius 3 is 2.18 bits per heavy atom. The fourth-order valence-electron chi connectivity index (χ4n) is 3.95. The molecule has 1 aliphatic rings. The number of hydrogen-bond acceptors (Lipinski definition) is 4. The van der Waals surface area contributed by atoms with Crippen LogP contribution in [0.25, 0.3) is 11.1 Å². The van der Waals surface area contributed by atoms with Crippen molar-refractivity contribution in [2.75, 3.05) is 13.2 Å². The Kier molecular flexibility index (Phi) is 6.55. The van der Waals surface area contributed by atoms with E-state index in [4.69, 9.17) is 4.74 Å². The molecule has 0 saturated heterocycles. The molecule has 1 unspecified atom stereocenters. The number of ether oxygens (including phenoxy) is 1. The average molecular weight is 482 g/mol. The monoisotopic (exact) mass is 482 g/mol. The molecule has 34 heavy (non-hydrogen) atoms. The third-order valence-electron chi connectivity index (χ3n) is 5.63. The standard InChI is InChI=1S/C24H20F6N2O2/c25-23(26,27)17-8-15(9-18(10-17)24(28,29)30)11-32-12-21-20(16-4-2-1-3-5-16)6-7-31-22(21)34-14-19(32)13-33/h1-10,19,33H,11-14H2. The maximum Gasteiger partial charge on any atom is 0.416 e. The minimum atomic E-state index is -4.94. The van der Waals surface area contributed by atoms with Gasteiger partial charge in [-0.25, -0.2) is 4.98 Å². The third-order valence-corrected chi connectivity index (χ3v) is 5.63. The van der Waals surface area contributed by atoms with E-state index in [0.717, 1.165) is 11.1 Å². The summed E-state index contributed by atoms with van der Waals surface area (Å²) in [5.41, 5.74) is -0.673. The van der Waals surface area contributed by atoms with E-state index < -0.39 is 36.1 Å². The summed E-state index contributed by atoms with van der Waals surface area (Å²) in [5, 5.41) is 9.90. The number of halogens is 6. The summed E-state index contributed by atoms with van der Waals surface area (Å²) in [7, 11) is 0. The van der Waals surface area contributed by atoms with Crippen molar-refractivity contribution in [3.63, 3.8) is 0 Å². The number of benzene rings is 2. The summed E-state index contributed by atoms with van der Waals surface area (Å²) in [6, 6.07) is 11.9. The molecule has 0 bridgehead atoms. The normalized spacial score (nSPS) is 17.1. The number of fused-ring (bicyclic) bond motifs is 1. The predicted molar refractivity (Wildman–Crippen MR) is 112 cm³/mol. The highest BCUT2D eigenvalue weighted by atomic mass is 19.4. The number of alkyl halides is 6. The maximum atomic E-state index is 13.3. The Bertz CT molecular complexity index is 1120. The van der Waals surface area contributed by atoms with Crippen LogP contribution in [0.5, 0.6) is 5.88 Å². The van der Waals surface area contributed by atoms with Gasteiger partial charge in [-0.1, -0.05) is 30.3 Å². The zero-order chi connectivity index (χ0) is 24.5. The molecule has 1 aromatic heterocycles. The topological polar surface area (TPSA) is 45.6 Å². The number of aliphatic hydroxyl groups is 1. The van der Waals surface area contributed by atoms with Gasteiger partial charge in [-0.3, -0.25) is 4.90 Å². The van der Waals surface area contributed by atoms with Crippen LogP contribution in [0.4, 0.5) is 26.3 Å². The van der Waals surface area contributed by atoms with Gasteiger partial charge in [0.1, 0.15) is 6.61 Å². The van der Waals surface area contributed by atoms with Crippen molar-refractivity contribution in [3.05, 3.63) is 83.0 Å². The lowest BCUT2D eigenvalue weighted by Crippen LogP contribution is -2.39. The number of aromatic nitrogens is 1. The quantitative estimate of drug-likeness (QED) is 0.496. The molecule has 4 rings (SSSR count). The Labute approximate surface area is 191 Å². The first-order valence-electron chi connectivity index (χ1n) is 10.4. The first-order chi connectivity index (χ1) is 16.1. The molecule has 0 radical (unpaired) electrons. The fraction of sp³-hybridized carbons (Fsp3) is 0.292. The molecule has 2 aromatic carbocycles. The Hall–Kier alpha value is -3.11. The summed E-state index contributed by atoms with van der Waals surface area (Å²) in [5.74, 6) is 0.308. The molecule has 180 valence electrons. The van der Waals surface area contributed by atoms with Crippen molar-refractivity contribution >= 4 is 0 Å². The van der Waals surface area contributed by atoms with Crippen LogP contribution >= 0.6 is 0 Å². The van der Waals surface area contributed by atoms with Gasteiger partial charge in [-0.2, -0.15) is 26.3 Å². The van der Waals surface area contributed by atoms with Crippen LogP contribution in [-0.2, 0) is 25.4 Å². The van der Waals surface area contributed by atoms with E-state index in [9.17, 15) is 31.4 Å². The number of hydrogen-bond donors (Lipinski definition) is 1. The highest BCUT2D eigenvalue weighted by Crippen LogP contribution is 2.38. The van der Waals surface area contributed by atoms with Crippen molar-refractivity contribution in [1.82, 2.24) is 9.88 Å². The lowest BCUT2D eigenvalue weighted by molar-refractivity contribution is -0.143. The molecule has 3 aromatic rings. The van der Waals surface area contributed by atoms with Gasteiger partial charge in [0, 0.05) is 24.8 Å². The van der Waals surface area contributed by atoms with Crippen LogP contribution in [-0.4, -0.2) is 34.2 Å². The van der Waals surface area contributed by atoms with Crippen LogP contribution in [0.3, 0.4) is 0 Å². The number of nitrogens with zero attached hydrogens (tertiary/aromatic N) is 2. The minimum absolute atomic E-state index is 0.0279. The van der Waals surface area contributed by atoms with E-state index in [0.29, 0.717) is 23.6 Å². The molecule has 4 nitrogen and oxygen atoms in total. The SMILES string of the molecule is OCC1COc2nccc(-c3ccccc3)c2CN1Cc1cc(C(F)(F)F)cc(C(F)(F)F)c1. The Balaban J connectivity index is 1.74. The van der Waals surface area contributed by atoms with Crippen molar-refractivity contribution in [3.8, 4) is 17.0 Å². The smallest absolute Gasteiger partial charge is 0.416 e. The zero-order valence-corrected chi connectivity index (χ0v) is 17.7. The summed E-state index contributed by atoms with van der Waals surface area (Å²) in [6.45, 7) is -0.583. The number of rotatable bonds is 4. The van der Waals surface area contributed by atoms with E-state index in [1.165, 1.54) is 0 Å². The van der Waals surface area contributed by atoms with Gasteiger partial charge >= 0.3 is 12.4 Å². The van der Waals surface area contributed by atoms with Gasteiger partial charge in [0.15, 0.2) is 0 Å². The summed E-state index contributed by atoms with van der Waals surface area (Å²) in [6.07, 6.45) is -8.32. The Morgan fingerprint density at radius 2 is 1.59 bits per heavy atom. The molecule has 0 amide bonds. The highest BCUT2D eigenvalue weighted by molar-refractivity contribution is 5.69. The molecule has 0 spiro atoms. The summed E-state index contributed by atoms with van der Waals surface area (Å²) >= 11 is 0. The second-order valence-corrected chi connectivity index (χ2v) is 7.97. The average Bonchev–Trinajstić information content (AvgIpc) is 2.97. The number of pyridine rings is 1. The lowest BCUT2D eigenvalue weighted by Gasteiger charge is -2.28. The molecular weight excluding hydrogens is 462 g/mol. The van der Waals surface area contributed by atoms with Gasteiger partial charge < -0.3 is 9.84 Å². The zero-order valence-electron chi connectivity index (χ0n) is 17.7. The molecule has 0 saturated carbocycles. The molecular formula is C24H20F6N2O2. The molecule has 0 aliphatic carbocycles. The van der Waals surface area contributed by atoms with Gasteiger partial charge in [-0.15, -0.1) is 0 Å². The van der Waals surface area contributed by atoms with E-state index in [-0.39, 0.29) is 31.3 Å². The van der Waals surface area contributed by atoms with E-state index >= 15 is 0 Å². The first-order valence-corrected chi connectivity index (χ1v) is 10.4. The molecule has 1 N–H and O–H groups in total. The second kappa shape index (κ2) is 9.27. The highest BCUT2D eigenvalue weighted by Gasteiger charge is 2.37. The molecule has 1 atom stereocenters. The third kappa shape index (κ3) is 5.18. The molecule has 2 heterocycles. The van der Waals surface area contributed by atoms with Crippen LogP contribution in [0.1, 0.15) is 22.3 Å². The van der Waals surface area contributed by atoms with Crippen molar-refractivity contribution < 1.29 is 36.2 Å². The largest absolute Gasteiger partial charge is 0.476 e. The second-order valence-electron chi connectivity index (χ2n) is 7.97. The fourth-order valence-corrected chi connectivity index (χ4v) is 3.95. The van der Waals surface area contributed by atoms with Crippen LogP contribution in [0.15, 0.2) is 60.8 Å². The van der Waals surface area contributed by atoms with Gasteiger partial charge in [0.25, 0.3) is 0 Å². The van der Waals surface area contributed by atoms with Gasteiger partial charge in [0.2, 0.25) is 5.88 Å². The summed E-state index contributed by atoms with van der Waals surface area (Å²) < 4.78 is 85.6. The van der Waals surface area contributed by atoms with Crippen LogP contribution in [0.2, 0.25) is 0 Å². The first kappa shape index (κ1) is 24.0. The molecule has 0 fully saturated rings. The molecule has 10 heteroatoms. The van der Waals surface area contributed by atoms with Gasteiger partial charge in [0.05, 0.1) is 23.8 Å². The van der Waals surface area contributed by atoms with Gasteiger partial charge in [-0.05, 0) is 41.0 Å². The summed E-state index contributed by atoms with van der Waals surface area (Å²) in [4.78, 5) is 5.85. The van der Waals surface area contributed by atoms with E-state index in [1.807, 2.05) is 30.3 Å². The van der Waals surface area contributed by atoms with Crippen molar-refractivity contribution in [2.45, 2.75) is 31.5 Å². The predicted octanol–water partition coefficient (Wildman–Crippen LogP) is 5.54.